The summed E-state index contributed by atoms with van der Waals surface area (Å²) in [7, 11) is 0. The normalized spacial score (nSPS) is 13.2. The monoisotopic (exact) mass is 357 g/mol. The van der Waals surface area contributed by atoms with Crippen molar-refractivity contribution >= 4 is 6.21 Å². The first-order chi connectivity index (χ1) is 13.1. The molecule has 1 atom stereocenters. The van der Waals surface area contributed by atoms with Crippen molar-refractivity contribution < 1.29 is 5.11 Å². The second-order valence-electron chi connectivity index (χ2n) is 7.33. The van der Waals surface area contributed by atoms with Crippen LogP contribution in [0.3, 0.4) is 0 Å². The highest BCUT2D eigenvalue weighted by Gasteiger charge is 2.40. The summed E-state index contributed by atoms with van der Waals surface area (Å²) in [5, 5.41) is 12.0. The molecule has 3 aromatic rings. The predicted octanol–water partition coefficient (Wildman–Crippen LogP) is 5.46. The first kappa shape index (κ1) is 19.1. The predicted molar refractivity (Wildman–Crippen MR) is 113 cm³/mol. The maximum atomic E-state index is 12.0. The van der Waals surface area contributed by atoms with Crippen molar-refractivity contribution in [1.82, 2.24) is 0 Å². The molecule has 0 radical (unpaired) electrons. The van der Waals surface area contributed by atoms with E-state index in [9.17, 15) is 5.11 Å². The summed E-state index contributed by atoms with van der Waals surface area (Å²) in [5.74, 6) is 0.405. The van der Waals surface area contributed by atoms with Crippen LogP contribution < -0.4 is 0 Å². The Labute approximate surface area is 162 Å². The lowest BCUT2D eigenvalue weighted by Gasteiger charge is -2.36. The number of aliphatic imine (C=N–C) groups is 1. The van der Waals surface area contributed by atoms with Gasteiger partial charge in [-0.25, -0.2) is 0 Å². The standard InChI is InChI=1S/C25H27NO/c1-20(2)18-24(26-19-21-12-6-3-7-13-21)25(27,22-14-8-4-9-15-22)23-16-10-5-11-17-23/h3-17,19-20,24,27H,18H2,1-2H3/t24-/m0/s1. The first-order valence-corrected chi connectivity index (χ1v) is 9.52. The van der Waals surface area contributed by atoms with Crippen LogP contribution in [0.15, 0.2) is 96.0 Å². The van der Waals surface area contributed by atoms with E-state index in [1.807, 2.05) is 97.2 Å². The van der Waals surface area contributed by atoms with E-state index >= 15 is 0 Å². The number of nitrogens with zero attached hydrogens (tertiary/aromatic N) is 1. The maximum absolute atomic E-state index is 12.0. The van der Waals surface area contributed by atoms with E-state index in [2.05, 4.69) is 13.8 Å². The number of aliphatic hydroxyl groups is 1. The topological polar surface area (TPSA) is 32.6 Å². The minimum Gasteiger partial charge on any atom is -0.378 e. The van der Waals surface area contributed by atoms with Crippen molar-refractivity contribution in [2.24, 2.45) is 10.9 Å². The maximum Gasteiger partial charge on any atom is 0.137 e. The Morgan fingerprint density at radius 1 is 0.778 bits per heavy atom. The Bertz CT molecular complexity index is 802. The molecule has 0 aromatic heterocycles. The lowest BCUT2D eigenvalue weighted by atomic mass is 9.77. The van der Waals surface area contributed by atoms with Gasteiger partial charge in [0.25, 0.3) is 0 Å². The van der Waals surface area contributed by atoms with Gasteiger partial charge in [-0.15, -0.1) is 0 Å². The molecule has 1 N–H and O–H groups in total. The van der Waals surface area contributed by atoms with E-state index in [1.165, 1.54) is 0 Å². The van der Waals surface area contributed by atoms with Gasteiger partial charge < -0.3 is 5.11 Å². The van der Waals surface area contributed by atoms with E-state index in [0.29, 0.717) is 5.92 Å². The highest BCUT2D eigenvalue weighted by atomic mass is 16.3. The largest absolute Gasteiger partial charge is 0.378 e. The van der Waals surface area contributed by atoms with Gasteiger partial charge in [-0.2, -0.15) is 0 Å². The fourth-order valence-corrected chi connectivity index (χ4v) is 3.44. The average molecular weight is 357 g/mol. The van der Waals surface area contributed by atoms with Crippen molar-refractivity contribution in [2.45, 2.75) is 31.9 Å². The third-order valence-electron chi connectivity index (χ3n) is 4.81. The molecule has 138 valence electrons. The van der Waals surface area contributed by atoms with Gasteiger partial charge in [-0.1, -0.05) is 105 Å². The smallest absolute Gasteiger partial charge is 0.137 e. The van der Waals surface area contributed by atoms with Crippen LogP contribution in [0.1, 0.15) is 37.0 Å². The number of benzene rings is 3. The summed E-state index contributed by atoms with van der Waals surface area (Å²) < 4.78 is 0. The molecule has 0 saturated carbocycles. The van der Waals surface area contributed by atoms with Crippen molar-refractivity contribution in [1.29, 1.82) is 0 Å². The molecule has 0 spiro atoms. The van der Waals surface area contributed by atoms with Gasteiger partial charge in [0.2, 0.25) is 0 Å². The van der Waals surface area contributed by atoms with E-state index in [4.69, 9.17) is 4.99 Å². The summed E-state index contributed by atoms with van der Waals surface area (Å²) in [6, 6.07) is 29.5. The number of hydrogen-bond donors (Lipinski definition) is 1. The van der Waals surface area contributed by atoms with Crippen LogP contribution in [0.25, 0.3) is 0 Å². The zero-order valence-corrected chi connectivity index (χ0v) is 16.0. The van der Waals surface area contributed by atoms with E-state index < -0.39 is 5.60 Å². The van der Waals surface area contributed by atoms with Crippen molar-refractivity contribution in [3.63, 3.8) is 0 Å². The molecule has 27 heavy (non-hydrogen) atoms. The number of hydrogen-bond acceptors (Lipinski definition) is 2. The Hall–Kier alpha value is -2.71. The second kappa shape index (κ2) is 8.79. The highest BCUT2D eigenvalue weighted by molar-refractivity contribution is 5.79. The lowest BCUT2D eigenvalue weighted by Crippen LogP contribution is -2.40. The minimum atomic E-state index is -1.18. The van der Waals surface area contributed by atoms with Crippen LogP contribution in [-0.2, 0) is 5.60 Å². The fraction of sp³-hybridized carbons (Fsp3) is 0.240. The summed E-state index contributed by atoms with van der Waals surface area (Å²) in [4.78, 5) is 4.88. The van der Waals surface area contributed by atoms with Crippen LogP contribution in [0.4, 0.5) is 0 Å². The molecule has 0 saturated heterocycles. The van der Waals surface area contributed by atoms with Gasteiger partial charge in [0.1, 0.15) is 5.60 Å². The van der Waals surface area contributed by atoms with E-state index in [-0.39, 0.29) is 6.04 Å². The molecule has 0 unspecified atom stereocenters. The van der Waals surface area contributed by atoms with Crippen LogP contribution >= 0.6 is 0 Å². The highest BCUT2D eigenvalue weighted by Crippen LogP contribution is 2.37. The minimum absolute atomic E-state index is 0.289. The quantitative estimate of drug-likeness (QED) is 0.560. The van der Waals surface area contributed by atoms with Crippen molar-refractivity contribution in [3.8, 4) is 0 Å². The molecule has 0 aliphatic carbocycles. The molecule has 3 aromatic carbocycles. The van der Waals surface area contributed by atoms with E-state index in [0.717, 1.165) is 23.1 Å². The molecule has 0 aliphatic heterocycles. The zero-order valence-electron chi connectivity index (χ0n) is 16.0. The van der Waals surface area contributed by atoms with Crippen LogP contribution in [0, 0.1) is 5.92 Å². The first-order valence-electron chi connectivity index (χ1n) is 9.52. The molecule has 0 amide bonds. The Morgan fingerprint density at radius 2 is 1.22 bits per heavy atom. The van der Waals surface area contributed by atoms with Gasteiger partial charge >= 0.3 is 0 Å². The molecule has 2 heteroatoms. The second-order valence-corrected chi connectivity index (χ2v) is 7.33. The summed E-state index contributed by atoms with van der Waals surface area (Å²) in [6.45, 7) is 4.34. The van der Waals surface area contributed by atoms with Gasteiger partial charge in [0.05, 0.1) is 6.04 Å². The molecular formula is C25H27NO. The Morgan fingerprint density at radius 3 is 1.67 bits per heavy atom. The molecule has 0 aliphatic rings. The van der Waals surface area contributed by atoms with E-state index in [1.54, 1.807) is 0 Å². The Balaban J connectivity index is 2.09. The van der Waals surface area contributed by atoms with Crippen molar-refractivity contribution in [3.05, 3.63) is 108 Å². The summed E-state index contributed by atoms with van der Waals surface area (Å²) in [6.07, 6.45) is 2.66. The fourth-order valence-electron chi connectivity index (χ4n) is 3.44. The average Bonchev–Trinajstić information content (AvgIpc) is 2.72. The van der Waals surface area contributed by atoms with Gasteiger partial charge in [0.15, 0.2) is 0 Å². The van der Waals surface area contributed by atoms with Crippen LogP contribution in [0.5, 0.6) is 0 Å². The third kappa shape index (κ3) is 4.53. The molecule has 2 nitrogen and oxygen atoms in total. The zero-order chi connectivity index (χ0) is 19.1. The lowest BCUT2D eigenvalue weighted by molar-refractivity contribution is 0.0454. The molecule has 0 fully saturated rings. The SMILES string of the molecule is CC(C)C[C@H](N=Cc1ccccc1)C(O)(c1ccccc1)c1ccccc1. The van der Waals surface area contributed by atoms with Gasteiger partial charge in [0, 0.05) is 6.21 Å². The molecule has 3 rings (SSSR count). The summed E-state index contributed by atoms with van der Waals surface area (Å²) >= 11 is 0. The Kier molecular flexibility index (Phi) is 6.20. The van der Waals surface area contributed by atoms with Gasteiger partial charge in [-0.05, 0) is 29.0 Å². The molecule has 0 heterocycles. The van der Waals surface area contributed by atoms with Crippen LogP contribution in [0.2, 0.25) is 0 Å². The third-order valence-corrected chi connectivity index (χ3v) is 4.81. The van der Waals surface area contributed by atoms with Crippen LogP contribution in [-0.4, -0.2) is 17.4 Å². The van der Waals surface area contributed by atoms with Gasteiger partial charge in [-0.3, -0.25) is 4.99 Å². The number of rotatable bonds is 7. The van der Waals surface area contributed by atoms with Crippen molar-refractivity contribution in [2.75, 3.05) is 0 Å². The molecular weight excluding hydrogens is 330 g/mol. The summed E-state index contributed by atoms with van der Waals surface area (Å²) in [5.41, 5.74) is 1.59. The molecule has 0 bridgehead atoms.